The molecule has 3 rings (SSSR count). The van der Waals surface area contributed by atoms with Gasteiger partial charge >= 0.3 is 162 Å². The van der Waals surface area contributed by atoms with E-state index in [0.29, 0.717) is 15.9 Å². The van der Waals surface area contributed by atoms with E-state index in [0.717, 1.165) is 33.4 Å². The first kappa shape index (κ1) is 19.8. The summed E-state index contributed by atoms with van der Waals surface area (Å²) in [6.07, 6.45) is 0. The fraction of sp³-hybridized carbons (Fsp3) is 0.250. The van der Waals surface area contributed by atoms with E-state index in [1.807, 2.05) is 96.1 Å². The molecule has 0 heterocycles. The number of aryl methyl sites for hydroxylation is 6. The first-order valence-electron chi connectivity index (χ1n) is 9.29. The molecule has 0 atom stereocenters. The van der Waals surface area contributed by atoms with Gasteiger partial charge in [0.15, 0.2) is 0 Å². The van der Waals surface area contributed by atoms with Gasteiger partial charge in [0.25, 0.3) is 0 Å². The molecule has 0 aromatic heterocycles. The van der Waals surface area contributed by atoms with Crippen LogP contribution in [0.1, 0.15) is 33.4 Å². The van der Waals surface area contributed by atoms with Gasteiger partial charge in [-0.2, -0.15) is 0 Å². The minimum absolute atomic E-state index is 0.577. The topological polar surface area (TPSA) is 40.5 Å². The number of rotatable bonds is 3. The third kappa shape index (κ3) is 3.02. The van der Waals surface area contributed by atoms with Crippen LogP contribution >= 0.6 is 7.06 Å². The van der Waals surface area contributed by atoms with Crippen molar-refractivity contribution < 1.29 is 9.79 Å². The van der Waals surface area contributed by atoms with Gasteiger partial charge in [-0.3, -0.25) is 0 Å². The third-order valence-corrected chi connectivity index (χ3v) is 9.75. The molecule has 2 nitrogen and oxygen atoms in total. The fourth-order valence-electron chi connectivity index (χ4n) is 4.76. The molecular formula is C24H29O2P. The quantitative estimate of drug-likeness (QED) is 0.669. The van der Waals surface area contributed by atoms with Gasteiger partial charge in [-0.1, -0.05) is 0 Å². The Labute approximate surface area is 162 Å². The van der Waals surface area contributed by atoms with Gasteiger partial charge in [0, 0.05) is 0 Å². The van der Waals surface area contributed by atoms with Crippen LogP contribution in [0.2, 0.25) is 0 Å². The molecule has 0 aliphatic carbocycles. The summed E-state index contributed by atoms with van der Waals surface area (Å²) < 4.78 is 0. The Kier molecular flexibility index (Phi) is 4.80. The Morgan fingerprint density at radius 3 is 1.22 bits per heavy atom. The van der Waals surface area contributed by atoms with Crippen LogP contribution in [0.4, 0.5) is 0 Å². The summed E-state index contributed by atoms with van der Waals surface area (Å²) in [5.74, 6) is 0. The maximum atomic E-state index is 12.5. The van der Waals surface area contributed by atoms with Gasteiger partial charge in [0.2, 0.25) is 0 Å². The fourth-order valence-corrected chi connectivity index (χ4v) is 9.17. The summed E-state index contributed by atoms with van der Waals surface area (Å²) in [6.45, 7) is 12.0. The van der Waals surface area contributed by atoms with E-state index in [9.17, 15) is 9.79 Å². The van der Waals surface area contributed by atoms with Crippen LogP contribution in [0.5, 0.6) is 0 Å². The number of hydrogen-bond donors (Lipinski definition) is 2. The van der Waals surface area contributed by atoms with Crippen molar-refractivity contribution in [1.29, 1.82) is 0 Å². The molecule has 3 heteroatoms. The van der Waals surface area contributed by atoms with Gasteiger partial charge in [-0.25, -0.2) is 0 Å². The summed E-state index contributed by atoms with van der Waals surface area (Å²) in [5, 5.41) is 1.90. The molecule has 0 unspecified atom stereocenters. The first-order chi connectivity index (χ1) is 12.5. The zero-order valence-corrected chi connectivity index (χ0v) is 17.9. The SMILES string of the molecule is Cc1cc(C)c(P(O)(O)(c2ccccc2)c2c(C)cc(C)cc2C)c(C)c1. The summed E-state index contributed by atoms with van der Waals surface area (Å²) >= 11 is 0. The molecule has 3 aromatic carbocycles. The van der Waals surface area contributed by atoms with Crippen molar-refractivity contribution in [1.82, 2.24) is 0 Å². The van der Waals surface area contributed by atoms with Crippen molar-refractivity contribution in [2.75, 3.05) is 0 Å². The number of hydrogen-bond acceptors (Lipinski definition) is 2. The monoisotopic (exact) mass is 380 g/mol. The summed E-state index contributed by atoms with van der Waals surface area (Å²) in [7, 11) is -4.61. The first-order valence-corrected chi connectivity index (χ1v) is 11.4. The van der Waals surface area contributed by atoms with Crippen molar-refractivity contribution in [3.05, 3.63) is 88.0 Å². The standard InChI is InChI=1S/C24H29O2P/c1-16-12-18(3)23(19(4)13-16)27(25,26,22-10-8-7-9-11-22)24-20(5)14-17(2)15-21(24)6/h7-15,25-26H,1-6H3. The van der Waals surface area contributed by atoms with Crippen LogP contribution in [0.3, 0.4) is 0 Å². The van der Waals surface area contributed by atoms with Crippen molar-refractivity contribution in [2.24, 2.45) is 0 Å². The van der Waals surface area contributed by atoms with Crippen LogP contribution in [0, 0.1) is 41.5 Å². The van der Waals surface area contributed by atoms with Crippen molar-refractivity contribution in [2.45, 2.75) is 41.5 Å². The molecule has 0 aliphatic rings. The van der Waals surface area contributed by atoms with Gasteiger partial charge in [0.1, 0.15) is 0 Å². The molecule has 0 spiro atoms. The zero-order chi connectivity index (χ0) is 20.0. The van der Waals surface area contributed by atoms with Crippen molar-refractivity contribution >= 4 is 23.0 Å². The molecule has 0 bridgehead atoms. The van der Waals surface area contributed by atoms with Crippen LogP contribution in [0.15, 0.2) is 54.6 Å². The van der Waals surface area contributed by atoms with E-state index in [1.54, 1.807) is 0 Å². The molecule has 0 radical (unpaired) electrons. The normalized spacial score (nSPS) is 13.3. The summed E-state index contributed by atoms with van der Waals surface area (Å²) in [6, 6.07) is 17.5. The third-order valence-electron chi connectivity index (χ3n) is 5.36. The van der Waals surface area contributed by atoms with E-state index in [4.69, 9.17) is 0 Å². The second-order valence-electron chi connectivity index (χ2n) is 7.86. The molecule has 0 amide bonds. The molecule has 3 aromatic rings. The Hall–Kier alpha value is -1.99. The zero-order valence-electron chi connectivity index (χ0n) is 17.0. The Balaban J connectivity index is 2.56. The van der Waals surface area contributed by atoms with E-state index in [-0.39, 0.29) is 0 Å². The van der Waals surface area contributed by atoms with Gasteiger partial charge < -0.3 is 0 Å². The second-order valence-corrected chi connectivity index (χ2v) is 11.3. The van der Waals surface area contributed by atoms with E-state index in [1.165, 1.54) is 0 Å². The molecule has 2 N–H and O–H groups in total. The molecule has 0 saturated carbocycles. The molecule has 0 aliphatic heterocycles. The minimum atomic E-state index is -4.61. The average molecular weight is 380 g/mol. The van der Waals surface area contributed by atoms with E-state index in [2.05, 4.69) is 0 Å². The van der Waals surface area contributed by atoms with Gasteiger partial charge in [-0.15, -0.1) is 0 Å². The van der Waals surface area contributed by atoms with Crippen LogP contribution in [-0.4, -0.2) is 9.79 Å². The van der Waals surface area contributed by atoms with Gasteiger partial charge in [0.05, 0.1) is 0 Å². The van der Waals surface area contributed by atoms with E-state index >= 15 is 0 Å². The molecule has 142 valence electrons. The Morgan fingerprint density at radius 2 is 0.889 bits per heavy atom. The van der Waals surface area contributed by atoms with Crippen LogP contribution in [0.25, 0.3) is 0 Å². The van der Waals surface area contributed by atoms with Crippen molar-refractivity contribution in [3.8, 4) is 0 Å². The van der Waals surface area contributed by atoms with Crippen molar-refractivity contribution in [3.63, 3.8) is 0 Å². The Bertz CT molecular complexity index is 912. The predicted octanol–water partition coefficient (Wildman–Crippen LogP) is 4.18. The Morgan fingerprint density at radius 1 is 0.556 bits per heavy atom. The van der Waals surface area contributed by atoms with Crippen LogP contribution < -0.4 is 15.9 Å². The maximum absolute atomic E-state index is 12.5. The van der Waals surface area contributed by atoms with Crippen LogP contribution in [-0.2, 0) is 0 Å². The summed E-state index contributed by atoms with van der Waals surface area (Å²) in [4.78, 5) is 25.0. The summed E-state index contributed by atoms with van der Waals surface area (Å²) in [5.41, 5.74) is 5.91. The number of benzene rings is 3. The molecule has 27 heavy (non-hydrogen) atoms. The predicted molar refractivity (Wildman–Crippen MR) is 118 cm³/mol. The molecule has 0 saturated heterocycles. The average Bonchev–Trinajstić information content (AvgIpc) is 2.53. The second kappa shape index (κ2) is 6.56. The molecular weight excluding hydrogens is 351 g/mol. The van der Waals surface area contributed by atoms with E-state index < -0.39 is 7.06 Å². The van der Waals surface area contributed by atoms with Gasteiger partial charge in [-0.05, 0) is 0 Å². The molecule has 0 fully saturated rings.